The second kappa shape index (κ2) is 4.85. The third-order valence-corrected chi connectivity index (χ3v) is 5.68. The summed E-state index contributed by atoms with van der Waals surface area (Å²) in [6.45, 7) is 0.534. The Morgan fingerprint density at radius 1 is 1.65 bits per heavy atom. The van der Waals surface area contributed by atoms with E-state index in [4.69, 9.17) is 20.2 Å². The Morgan fingerprint density at radius 3 is 2.76 bits per heavy atom. The first-order valence-electron chi connectivity index (χ1n) is 4.44. The maximum absolute atomic E-state index is 11.7. The van der Waals surface area contributed by atoms with Gasteiger partial charge >= 0.3 is 5.97 Å². The fraction of sp³-hybridized carbons (Fsp3) is 0.375. The first-order chi connectivity index (χ1) is 7.89. The molecule has 1 aliphatic heterocycles. The lowest BCUT2D eigenvalue weighted by Crippen LogP contribution is -2.31. The third-order valence-electron chi connectivity index (χ3n) is 2.03. The molecule has 0 N–H and O–H groups in total. The largest absolute Gasteiger partial charge is 0.431 e. The van der Waals surface area contributed by atoms with E-state index in [1.165, 1.54) is 5.38 Å². The van der Waals surface area contributed by atoms with E-state index < -0.39 is 21.3 Å². The molecular weight excluding hydrogens is 356 g/mol. The van der Waals surface area contributed by atoms with E-state index in [1.807, 2.05) is 0 Å². The van der Waals surface area contributed by atoms with Crippen LogP contribution in [0.25, 0.3) is 0 Å². The van der Waals surface area contributed by atoms with Crippen molar-refractivity contribution in [2.24, 2.45) is 0 Å². The predicted octanol–water partition coefficient (Wildman–Crippen LogP) is 2.34. The molecule has 1 unspecified atom stereocenters. The monoisotopic (exact) mass is 360 g/mol. The summed E-state index contributed by atoms with van der Waals surface area (Å²) in [5.74, 6) is -0.746. The lowest BCUT2D eigenvalue weighted by molar-refractivity contribution is -0.184. The molecule has 0 radical (unpaired) electrons. The van der Waals surface area contributed by atoms with Crippen molar-refractivity contribution in [2.75, 3.05) is 6.61 Å². The van der Waals surface area contributed by atoms with Crippen LogP contribution in [0.2, 0.25) is 0 Å². The molecule has 9 heteroatoms. The molecule has 5 nitrogen and oxygen atoms in total. The van der Waals surface area contributed by atoms with Crippen LogP contribution in [0.5, 0.6) is 0 Å². The molecule has 1 fully saturated rings. The van der Waals surface area contributed by atoms with Crippen molar-refractivity contribution < 1.29 is 22.7 Å². The van der Waals surface area contributed by atoms with Gasteiger partial charge in [-0.2, -0.15) is 0 Å². The van der Waals surface area contributed by atoms with Crippen molar-refractivity contribution >= 4 is 53.0 Å². The molecular formula is C8H6BrClO5S2. The molecule has 1 saturated heterocycles. The van der Waals surface area contributed by atoms with Crippen LogP contribution in [-0.2, 0) is 18.5 Å². The van der Waals surface area contributed by atoms with E-state index in [0.29, 0.717) is 13.0 Å². The third kappa shape index (κ3) is 2.82. The Hall–Kier alpha value is -0.150. The van der Waals surface area contributed by atoms with Gasteiger partial charge in [-0.3, -0.25) is 0 Å². The van der Waals surface area contributed by atoms with Crippen molar-refractivity contribution in [1.82, 2.24) is 0 Å². The van der Waals surface area contributed by atoms with Gasteiger partial charge in [0, 0.05) is 27.0 Å². The van der Waals surface area contributed by atoms with E-state index in [0.717, 1.165) is 11.3 Å². The van der Waals surface area contributed by atoms with Crippen LogP contribution in [-0.4, -0.2) is 27.3 Å². The molecule has 1 aromatic heterocycles. The minimum Gasteiger partial charge on any atom is -0.431 e. The van der Waals surface area contributed by atoms with Crippen molar-refractivity contribution in [2.45, 2.75) is 17.6 Å². The standard InChI is InChI=1S/C8H6BrClO5S2/c9-4-3-16-6(7(4)17(10,12)13)8(11)15-5-1-2-14-5/h3,5H,1-2H2. The van der Waals surface area contributed by atoms with E-state index in [1.54, 1.807) is 0 Å². The topological polar surface area (TPSA) is 69.7 Å². The maximum atomic E-state index is 11.7. The molecule has 2 rings (SSSR count). The van der Waals surface area contributed by atoms with Gasteiger partial charge in [-0.25, -0.2) is 13.2 Å². The average molecular weight is 362 g/mol. The summed E-state index contributed by atoms with van der Waals surface area (Å²) in [4.78, 5) is 11.4. The molecule has 17 heavy (non-hydrogen) atoms. The number of carbonyl (C=O) groups is 1. The summed E-state index contributed by atoms with van der Waals surface area (Å²) in [6, 6.07) is 0. The number of hydrogen-bond acceptors (Lipinski definition) is 6. The molecule has 0 saturated carbocycles. The lowest BCUT2D eigenvalue weighted by Gasteiger charge is -2.25. The Morgan fingerprint density at radius 2 is 2.29 bits per heavy atom. The molecule has 0 bridgehead atoms. The number of thiophene rings is 1. The van der Waals surface area contributed by atoms with Gasteiger partial charge in [0.25, 0.3) is 9.05 Å². The Labute approximate surface area is 114 Å². The molecule has 1 atom stereocenters. The highest BCUT2D eigenvalue weighted by Crippen LogP contribution is 2.34. The fourth-order valence-electron chi connectivity index (χ4n) is 1.17. The number of carbonyl (C=O) groups excluding carboxylic acids is 1. The second-order valence-electron chi connectivity index (χ2n) is 3.17. The van der Waals surface area contributed by atoms with Crippen LogP contribution in [0.15, 0.2) is 14.7 Å². The van der Waals surface area contributed by atoms with Crippen LogP contribution in [0.3, 0.4) is 0 Å². The fourth-order valence-corrected chi connectivity index (χ4v) is 5.17. The number of rotatable bonds is 3. The van der Waals surface area contributed by atoms with E-state index in [2.05, 4.69) is 15.9 Å². The summed E-state index contributed by atoms with van der Waals surface area (Å²) in [6.07, 6.45) is 0.0237. The van der Waals surface area contributed by atoms with Gasteiger partial charge in [0.15, 0.2) is 0 Å². The van der Waals surface area contributed by atoms with E-state index in [-0.39, 0.29) is 14.2 Å². The van der Waals surface area contributed by atoms with Crippen molar-refractivity contribution in [3.8, 4) is 0 Å². The van der Waals surface area contributed by atoms with Crippen LogP contribution >= 0.6 is 37.9 Å². The smallest absolute Gasteiger partial charge is 0.352 e. The van der Waals surface area contributed by atoms with Crippen LogP contribution in [0, 0.1) is 0 Å². The lowest BCUT2D eigenvalue weighted by atomic mass is 10.3. The number of esters is 1. The van der Waals surface area contributed by atoms with Crippen molar-refractivity contribution in [1.29, 1.82) is 0 Å². The van der Waals surface area contributed by atoms with Gasteiger partial charge in [0.1, 0.15) is 9.77 Å². The van der Waals surface area contributed by atoms with Gasteiger partial charge in [0.05, 0.1) is 6.61 Å². The van der Waals surface area contributed by atoms with Crippen molar-refractivity contribution in [3.05, 3.63) is 14.7 Å². The molecule has 1 aliphatic rings. The zero-order chi connectivity index (χ0) is 12.6. The van der Waals surface area contributed by atoms with Gasteiger partial charge in [0.2, 0.25) is 6.29 Å². The van der Waals surface area contributed by atoms with Gasteiger partial charge in [-0.1, -0.05) is 0 Å². The Kier molecular flexibility index (Phi) is 3.79. The molecule has 0 aliphatic carbocycles. The quantitative estimate of drug-likeness (QED) is 0.610. The minimum atomic E-state index is -4.00. The first kappa shape index (κ1) is 13.3. The normalized spacial score (nSPS) is 19.8. The SMILES string of the molecule is O=C(OC1CCO1)c1scc(Br)c1S(=O)(=O)Cl. The summed E-state index contributed by atoms with van der Waals surface area (Å²) in [5, 5.41) is 1.47. The molecule has 0 spiro atoms. The van der Waals surface area contributed by atoms with E-state index in [9.17, 15) is 13.2 Å². The second-order valence-corrected chi connectivity index (χ2v) is 7.41. The molecule has 94 valence electrons. The zero-order valence-corrected chi connectivity index (χ0v) is 12.2. The molecule has 0 aromatic carbocycles. The van der Waals surface area contributed by atoms with Crippen molar-refractivity contribution in [3.63, 3.8) is 0 Å². The molecule has 2 heterocycles. The highest BCUT2D eigenvalue weighted by molar-refractivity contribution is 9.10. The van der Waals surface area contributed by atoms with Gasteiger partial charge in [-0.15, -0.1) is 11.3 Å². The minimum absolute atomic E-state index is 0.0534. The Bertz CT molecular complexity index is 548. The maximum Gasteiger partial charge on any atom is 0.352 e. The van der Waals surface area contributed by atoms with Gasteiger partial charge in [-0.05, 0) is 15.9 Å². The number of halogens is 2. The Balaban J connectivity index is 2.29. The summed E-state index contributed by atoms with van der Waals surface area (Å²) in [7, 11) is 1.25. The van der Waals surface area contributed by atoms with Crippen LogP contribution < -0.4 is 0 Å². The van der Waals surface area contributed by atoms with Crippen LogP contribution in [0.1, 0.15) is 16.1 Å². The highest BCUT2D eigenvalue weighted by atomic mass is 79.9. The van der Waals surface area contributed by atoms with Crippen LogP contribution in [0.4, 0.5) is 0 Å². The zero-order valence-electron chi connectivity index (χ0n) is 8.18. The average Bonchev–Trinajstić information content (AvgIpc) is 2.52. The van der Waals surface area contributed by atoms with Gasteiger partial charge < -0.3 is 9.47 Å². The first-order valence-corrected chi connectivity index (χ1v) is 8.42. The van der Waals surface area contributed by atoms with E-state index >= 15 is 0 Å². The summed E-state index contributed by atoms with van der Waals surface area (Å²) >= 11 is 3.97. The predicted molar refractivity (Wildman–Crippen MR) is 64.8 cm³/mol. The number of ether oxygens (including phenoxy) is 2. The summed E-state index contributed by atoms with van der Waals surface area (Å²) < 4.78 is 32.7. The molecule has 0 amide bonds. The highest BCUT2D eigenvalue weighted by Gasteiger charge is 2.30. The summed E-state index contributed by atoms with van der Waals surface area (Å²) in [5.41, 5.74) is 0. The number of hydrogen-bond donors (Lipinski definition) is 0. The molecule has 1 aromatic rings.